The molecule has 0 atom stereocenters. The first-order valence-electron chi connectivity index (χ1n) is 29.6. The maximum atomic E-state index is 6.40. The monoisotopic (exact) mass is 1120 g/mol. The molecule has 4 fully saturated rings. The van der Waals surface area contributed by atoms with Crippen LogP contribution >= 0.6 is 0 Å². The number of rotatable bonds is 14. The van der Waals surface area contributed by atoms with Gasteiger partial charge in [0.25, 0.3) is 0 Å². The molecule has 430 valence electrons. The predicted octanol–water partition coefficient (Wildman–Crippen LogP) is 14.2. The highest BCUT2D eigenvalue weighted by Crippen LogP contribution is 2.42. The van der Waals surface area contributed by atoms with Crippen molar-refractivity contribution in [3.8, 4) is 0 Å². The van der Waals surface area contributed by atoms with Gasteiger partial charge < -0.3 is 47.0 Å². The Morgan fingerprint density at radius 3 is 0.500 bits per heavy atom. The molecule has 84 heavy (non-hydrogen) atoms. The van der Waals surface area contributed by atoms with E-state index in [1.165, 1.54) is 0 Å². The van der Waals surface area contributed by atoms with Gasteiger partial charge in [0, 0.05) is 34.1 Å². The number of benzene rings is 7. The van der Waals surface area contributed by atoms with Crippen molar-refractivity contribution in [2.24, 2.45) is 0 Å². The van der Waals surface area contributed by atoms with E-state index in [9.17, 15) is 0 Å². The molecule has 0 aromatic heterocycles. The first-order valence-corrected chi connectivity index (χ1v) is 29.6. The quantitative estimate of drug-likeness (QED) is 0.0776. The minimum absolute atomic E-state index is 0.428. The van der Waals surface area contributed by atoms with Crippen molar-refractivity contribution in [2.75, 3.05) is 9.80 Å². The van der Waals surface area contributed by atoms with Crippen molar-refractivity contribution in [2.45, 2.75) is 156 Å². The zero-order valence-electron chi connectivity index (χ0n) is 51.9. The Bertz CT molecular complexity index is 3070. The van der Waals surface area contributed by atoms with E-state index < -0.39 is 73.3 Å². The van der Waals surface area contributed by atoms with Gasteiger partial charge in [0.15, 0.2) is 0 Å². The number of nitrogens with zero attached hydrogens (tertiary/aromatic N) is 2. The average Bonchev–Trinajstić information content (AvgIpc) is 2.05. The van der Waals surface area contributed by atoms with Crippen LogP contribution in [-0.2, 0) is 37.2 Å². The van der Waals surface area contributed by atoms with Gasteiger partial charge in [-0.15, -0.1) is 0 Å². The first-order chi connectivity index (χ1) is 39.5. The Kier molecular flexibility index (Phi) is 15.4. The van der Waals surface area contributed by atoms with Crippen molar-refractivity contribution in [3.63, 3.8) is 0 Å². The van der Waals surface area contributed by atoms with Gasteiger partial charge in [0.2, 0.25) is 0 Å². The molecule has 11 rings (SSSR count). The van der Waals surface area contributed by atoms with Crippen LogP contribution in [0.2, 0.25) is 0 Å². The normalized spacial score (nSPS) is 20.6. The summed E-state index contributed by atoms with van der Waals surface area (Å²) in [6.45, 7) is 33.3. The van der Waals surface area contributed by atoms with Gasteiger partial charge in [-0.05, 0) is 228 Å². The number of hydrogen-bond donors (Lipinski definition) is 0. The van der Waals surface area contributed by atoms with Gasteiger partial charge in [-0.3, -0.25) is 0 Å². The molecule has 7 aromatic carbocycles. The number of hydrogen-bond acceptors (Lipinski definition) is 10. The maximum absolute atomic E-state index is 6.40. The second-order valence-corrected chi connectivity index (χ2v) is 26.9. The Labute approximate surface area is 501 Å². The zero-order chi connectivity index (χ0) is 59.8. The van der Waals surface area contributed by atoms with E-state index in [2.05, 4.69) is 315 Å². The van der Waals surface area contributed by atoms with Crippen LogP contribution in [0.15, 0.2) is 170 Å². The van der Waals surface area contributed by atoms with Crippen LogP contribution in [0.5, 0.6) is 0 Å². The highest BCUT2D eigenvalue weighted by atomic mass is 16.7. The molecule has 0 aliphatic carbocycles. The standard InChI is InChI=1S/C70H80B4N2O8/c1-63(2)64(3,4)78-71(77-63)53-29-41-59(42-30-53)75(60-43-31-54(32-44-60)72-79-65(5,6)66(7,8)80-72)57-37-25-51(26-38-57)23-21-49-17-19-50(20-18-49)22-24-52-27-39-58(40-28-52)76(61-45-33-55(34-46-61)73-81-67(9,10)68(11,12)82-73)62-47-35-56(36-48-62)74-83-69(13,14)70(15,16)84-74/h17-48H,1-16H3/b23-21+,24-22+. The van der Waals surface area contributed by atoms with E-state index in [1.54, 1.807) is 0 Å². The summed E-state index contributed by atoms with van der Waals surface area (Å²) in [6, 6.07) is 59.8. The fourth-order valence-electron chi connectivity index (χ4n) is 10.5. The molecule has 0 radical (unpaired) electrons. The zero-order valence-corrected chi connectivity index (χ0v) is 51.9. The molecule has 4 saturated heterocycles. The van der Waals surface area contributed by atoms with Gasteiger partial charge in [0.05, 0.1) is 44.8 Å². The third-order valence-electron chi connectivity index (χ3n) is 18.9. The van der Waals surface area contributed by atoms with E-state index in [1.807, 2.05) is 0 Å². The molecule has 0 saturated carbocycles. The van der Waals surface area contributed by atoms with Crippen LogP contribution < -0.4 is 31.7 Å². The molecule has 0 spiro atoms. The van der Waals surface area contributed by atoms with Crippen molar-refractivity contribution >= 4 is 109 Å². The molecular weight excluding hydrogens is 1040 g/mol. The molecule has 0 amide bonds. The molecule has 7 aromatic rings. The largest absolute Gasteiger partial charge is 0.494 e. The summed E-state index contributed by atoms with van der Waals surface area (Å²) in [6.07, 6.45) is 8.63. The van der Waals surface area contributed by atoms with Gasteiger partial charge in [-0.2, -0.15) is 0 Å². The molecule has 4 aliphatic heterocycles. The fourth-order valence-corrected chi connectivity index (χ4v) is 10.5. The first kappa shape index (κ1) is 59.3. The Morgan fingerprint density at radius 1 is 0.214 bits per heavy atom. The topological polar surface area (TPSA) is 80.3 Å². The van der Waals surface area contributed by atoms with Crippen LogP contribution in [0.4, 0.5) is 34.1 Å². The van der Waals surface area contributed by atoms with Crippen LogP contribution in [-0.4, -0.2) is 73.3 Å². The van der Waals surface area contributed by atoms with Crippen molar-refractivity contribution in [3.05, 3.63) is 192 Å². The van der Waals surface area contributed by atoms with Crippen molar-refractivity contribution < 1.29 is 37.2 Å². The second kappa shape index (κ2) is 21.8. The Hall–Kier alpha value is -6.44. The van der Waals surface area contributed by atoms with E-state index in [-0.39, 0.29) is 0 Å². The highest BCUT2D eigenvalue weighted by molar-refractivity contribution is 6.63. The minimum atomic E-state index is -0.448. The molecule has 4 aliphatic rings. The molecule has 0 bridgehead atoms. The van der Waals surface area contributed by atoms with Crippen LogP contribution in [0, 0.1) is 0 Å². The SMILES string of the molecule is CC1(C)OB(c2ccc(N(c3ccc(/C=C/c4ccc(/C=C/c5ccc(N(c6ccc(B7OC(C)(C)C(C)(C)O7)cc6)c6ccc(B7OC(C)(C)C(C)(C)O7)cc6)cc5)cc4)cc3)c3ccc(B4OC(C)(C)C(C)(C)O4)cc3)cc2)OC1(C)C. The highest BCUT2D eigenvalue weighted by Gasteiger charge is 2.55. The Morgan fingerprint density at radius 2 is 0.345 bits per heavy atom. The summed E-state index contributed by atoms with van der Waals surface area (Å²) in [7, 11) is -1.79. The van der Waals surface area contributed by atoms with Crippen molar-refractivity contribution in [1.29, 1.82) is 0 Å². The molecule has 0 N–H and O–H groups in total. The van der Waals surface area contributed by atoms with Crippen LogP contribution in [0.3, 0.4) is 0 Å². The van der Waals surface area contributed by atoms with E-state index in [4.69, 9.17) is 37.2 Å². The molecule has 10 nitrogen and oxygen atoms in total. The van der Waals surface area contributed by atoms with E-state index >= 15 is 0 Å². The summed E-state index contributed by atoms with van der Waals surface area (Å²) in [4.78, 5) is 4.52. The predicted molar refractivity (Wildman–Crippen MR) is 349 cm³/mol. The second-order valence-electron chi connectivity index (χ2n) is 26.9. The lowest BCUT2D eigenvalue weighted by Crippen LogP contribution is -2.41. The third kappa shape index (κ3) is 11.7. The molecule has 4 heterocycles. The lowest BCUT2D eigenvalue weighted by molar-refractivity contribution is 0.00578. The molecular formula is C70H80B4N2O8. The summed E-state index contributed by atoms with van der Waals surface area (Å²) >= 11 is 0. The molecule has 14 heteroatoms. The Balaban J connectivity index is 0.780. The summed E-state index contributed by atoms with van der Waals surface area (Å²) in [5, 5.41) is 0. The lowest BCUT2D eigenvalue weighted by Gasteiger charge is -2.32. The maximum Gasteiger partial charge on any atom is 0.494 e. The smallest absolute Gasteiger partial charge is 0.399 e. The average molecular weight is 1120 g/mol. The lowest BCUT2D eigenvalue weighted by atomic mass is 9.79. The number of anilines is 6. The van der Waals surface area contributed by atoms with Gasteiger partial charge in [0.1, 0.15) is 0 Å². The third-order valence-corrected chi connectivity index (χ3v) is 18.9. The summed E-state index contributed by atoms with van der Waals surface area (Å²) < 4.78 is 51.2. The van der Waals surface area contributed by atoms with Gasteiger partial charge in [-0.25, -0.2) is 0 Å². The van der Waals surface area contributed by atoms with Crippen LogP contribution in [0.25, 0.3) is 24.3 Å². The van der Waals surface area contributed by atoms with Crippen LogP contribution in [0.1, 0.15) is 133 Å². The van der Waals surface area contributed by atoms with Gasteiger partial charge >= 0.3 is 28.5 Å². The van der Waals surface area contributed by atoms with E-state index in [0.717, 1.165) is 78.2 Å². The minimum Gasteiger partial charge on any atom is -0.399 e. The van der Waals surface area contributed by atoms with E-state index in [0.29, 0.717) is 0 Å². The summed E-state index contributed by atoms with van der Waals surface area (Å²) in [5.74, 6) is 0. The molecule has 0 unspecified atom stereocenters. The summed E-state index contributed by atoms with van der Waals surface area (Å²) in [5.41, 5.74) is 11.0. The fraction of sp³-hybridized carbons (Fsp3) is 0.343. The van der Waals surface area contributed by atoms with Gasteiger partial charge in [-0.1, -0.05) is 121 Å². The van der Waals surface area contributed by atoms with Crippen molar-refractivity contribution in [1.82, 2.24) is 0 Å².